The molecule has 0 spiro atoms. The van der Waals surface area contributed by atoms with Crippen molar-refractivity contribution in [1.82, 2.24) is 4.57 Å². The van der Waals surface area contributed by atoms with Gasteiger partial charge in [0, 0.05) is 24.7 Å². The Kier molecular flexibility index (Phi) is 4.25. The number of rotatable bonds is 5. The van der Waals surface area contributed by atoms with E-state index in [2.05, 4.69) is 29.3 Å². The molecule has 0 bridgehead atoms. The minimum absolute atomic E-state index is 0.743. The van der Waals surface area contributed by atoms with Crippen LogP contribution in [0.25, 0.3) is 0 Å². The highest BCUT2D eigenvalue weighted by Gasteiger charge is 1.94. The maximum Gasteiger partial charge on any atom is 0.0310 e. The molecular weight excluding hydrogens is 168 g/mol. The molecule has 0 unspecified atom stereocenters. The van der Waals surface area contributed by atoms with Crippen molar-refractivity contribution in [3.05, 3.63) is 24.0 Å². The fourth-order valence-electron chi connectivity index (χ4n) is 1.14. The van der Waals surface area contributed by atoms with Gasteiger partial charge in [0.05, 0.1) is 0 Å². The van der Waals surface area contributed by atoms with Crippen LogP contribution >= 0.6 is 11.8 Å². The number of thioether (sulfide) groups is 1. The van der Waals surface area contributed by atoms with Gasteiger partial charge in [-0.2, -0.15) is 11.8 Å². The summed E-state index contributed by atoms with van der Waals surface area (Å²) in [5.74, 6) is 1.18. The first-order chi connectivity index (χ1) is 5.86. The van der Waals surface area contributed by atoms with Gasteiger partial charge < -0.3 is 10.3 Å². The second-order valence-corrected chi connectivity index (χ2v) is 3.77. The van der Waals surface area contributed by atoms with E-state index in [1.54, 1.807) is 0 Å². The second-order valence-electron chi connectivity index (χ2n) is 2.79. The Balaban J connectivity index is 2.41. The summed E-state index contributed by atoms with van der Waals surface area (Å²) in [5, 5.41) is 0. The lowest BCUT2D eigenvalue weighted by molar-refractivity contribution is 0.774. The number of nitrogens with two attached hydrogens (primary N) is 1. The lowest BCUT2D eigenvalue weighted by atomic mass is 10.2. The standard InChI is InChI=1S/C9H16N2S/c1-12-7-6-11-5-3-9(8-11)2-4-10/h3,5,8H,2,4,6-7,10H2,1H3. The van der Waals surface area contributed by atoms with E-state index in [9.17, 15) is 0 Å². The molecule has 1 heterocycles. The topological polar surface area (TPSA) is 30.9 Å². The predicted molar refractivity (Wildman–Crippen MR) is 55.6 cm³/mol. The third-order valence-corrected chi connectivity index (χ3v) is 2.39. The molecule has 0 fully saturated rings. The molecule has 12 heavy (non-hydrogen) atoms. The smallest absolute Gasteiger partial charge is 0.0310 e. The summed E-state index contributed by atoms with van der Waals surface area (Å²) in [6.07, 6.45) is 7.43. The number of hydrogen-bond donors (Lipinski definition) is 1. The highest BCUT2D eigenvalue weighted by Crippen LogP contribution is 2.03. The molecule has 0 radical (unpaired) electrons. The zero-order chi connectivity index (χ0) is 8.81. The van der Waals surface area contributed by atoms with Gasteiger partial charge in [-0.05, 0) is 30.9 Å². The van der Waals surface area contributed by atoms with Crippen LogP contribution in [0.15, 0.2) is 18.5 Å². The van der Waals surface area contributed by atoms with Crippen molar-refractivity contribution in [3.8, 4) is 0 Å². The van der Waals surface area contributed by atoms with Gasteiger partial charge in [-0.3, -0.25) is 0 Å². The fraction of sp³-hybridized carbons (Fsp3) is 0.556. The quantitative estimate of drug-likeness (QED) is 0.749. The lowest BCUT2D eigenvalue weighted by Gasteiger charge is -1.99. The van der Waals surface area contributed by atoms with Crippen molar-refractivity contribution in [3.63, 3.8) is 0 Å². The lowest BCUT2D eigenvalue weighted by Crippen LogP contribution is -2.02. The first-order valence-electron chi connectivity index (χ1n) is 4.20. The third-order valence-electron chi connectivity index (χ3n) is 1.80. The van der Waals surface area contributed by atoms with Gasteiger partial charge in [-0.1, -0.05) is 0 Å². The van der Waals surface area contributed by atoms with Crippen molar-refractivity contribution in [1.29, 1.82) is 0 Å². The molecule has 2 nitrogen and oxygen atoms in total. The Labute approximate surface area is 78.1 Å². The predicted octanol–water partition coefficient (Wildman–Crippen LogP) is 1.35. The second kappa shape index (κ2) is 5.27. The molecule has 0 amide bonds. The van der Waals surface area contributed by atoms with Crippen LogP contribution < -0.4 is 5.73 Å². The Morgan fingerprint density at radius 3 is 3.08 bits per heavy atom. The van der Waals surface area contributed by atoms with E-state index in [-0.39, 0.29) is 0 Å². The largest absolute Gasteiger partial charge is 0.353 e. The van der Waals surface area contributed by atoms with Crippen LogP contribution in [0.4, 0.5) is 0 Å². The third kappa shape index (κ3) is 2.91. The minimum atomic E-state index is 0.743. The SMILES string of the molecule is CSCCn1ccc(CCN)c1. The normalized spacial score (nSPS) is 10.5. The zero-order valence-electron chi connectivity index (χ0n) is 7.49. The molecular formula is C9H16N2S. The van der Waals surface area contributed by atoms with Gasteiger partial charge in [-0.25, -0.2) is 0 Å². The van der Waals surface area contributed by atoms with E-state index in [0.717, 1.165) is 19.5 Å². The molecule has 0 aliphatic carbocycles. The summed E-state index contributed by atoms with van der Waals surface area (Å²) in [5.41, 5.74) is 6.80. The van der Waals surface area contributed by atoms with Crippen LogP contribution in [0.2, 0.25) is 0 Å². The summed E-state index contributed by atoms with van der Waals surface area (Å²) in [4.78, 5) is 0. The van der Waals surface area contributed by atoms with Crippen LogP contribution in [-0.2, 0) is 13.0 Å². The highest BCUT2D eigenvalue weighted by atomic mass is 32.2. The van der Waals surface area contributed by atoms with Crippen molar-refractivity contribution >= 4 is 11.8 Å². The van der Waals surface area contributed by atoms with E-state index in [1.807, 2.05) is 11.8 Å². The van der Waals surface area contributed by atoms with Gasteiger partial charge >= 0.3 is 0 Å². The Bertz CT molecular complexity index is 220. The zero-order valence-corrected chi connectivity index (χ0v) is 8.31. The van der Waals surface area contributed by atoms with Gasteiger partial charge in [0.2, 0.25) is 0 Å². The Hall–Kier alpha value is -0.410. The minimum Gasteiger partial charge on any atom is -0.353 e. The number of aromatic nitrogens is 1. The van der Waals surface area contributed by atoms with Gasteiger partial charge in [-0.15, -0.1) is 0 Å². The molecule has 0 saturated carbocycles. The Morgan fingerprint density at radius 2 is 2.42 bits per heavy atom. The number of nitrogens with zero attached hydrogens (tertiary/aromatic N) is 1. The van der Waals surface area contributed by atoms with Gasteiger partial charge in [0.1, 0.15) is 0 Å². The fourth-order valence-corrected chi connectivity index (χ4v) is 1.53. The molecule has 3 heteroatoms. The number of hydrogen-bond acceptors (Lipinski definition) is 2. The van der Waals surface area contributed by atoms with Crippen LogP contribution in [-0.4, -0.2) is 23.1 Å². The van der Waals surface area contributed by atoms with E-state index in [0.29, 0.717) is 0 Å². The summed E-state index contributed by atoms with van der Waals surface area (Å²) < 4.78 is 2.22. The summed E-state index contributed by atoms with van der Waals surface area (Å²) in [7, 11) is 0. The molecule has 0 atom stereocenters. The first-order valence-corrected chi connectivity index (χ1v) is 5.60. The summed E-state index contributed by atoms with van der Waals surface area (Å²) >= 11 is 1.87. The molecule has 2 N–H and O–H groups in total. The monoisotopic (exact) mass is 184 g/mol. The number of aryl methyl sites for hydroxylation is 1. The highest BCUT2D eigenvalue weighted by molar-refractivity contribution is 7.98. The van der Waals surface area contributed by atoms with E-state index < -0.39 is 0 Å². The molecule has 68 valence electrons. The van der Waals surface area contributed by atoms with E-state index >= 15 is 0 Å². The van der Waals surface area contributed by atoms with Crippen LogP contribution in [0.1, 0.15) is 5.56 Å². The molecule has 1 rings (SSSR count). The average molecular weight is 184 g/mol. The van der Waals surface area contributed by atoms with Crippen LogP contribution in [0, 0.1) is 0 Å². The summed E-state index contributed by atoms with van der Waals surface area (Å²) in [6.45, 7) is 1.85. The van der Waals surface area contributed by atoms with E-state index in [1.165, 1.54) is 11.3 Å². The first kappa shape index (κ1) is 9.68. The van der Waals surface area contributed by atoms with E-state index in [4.69, 9.17) is 5.73 Å². The molecule has 0 aliphatic heterocycles. The van der Waals surface area contributed by atoms with Crippen LogP contribution in [0.3, 0.4) is 0 Å². The average Bonchev–Trinajstić information content (AvgIpc) is 2.50. The molecule has 1 aromatic heterocycles. The Morgan fingerprint density at radius 1 is 1.58 bits per heavy atom. The molecule has 0 saturated heterocycles. The van der Waals surface area contributed by atoms with Crippen molar-refractivity contribution in [2.45, 2.75) is 13.0 Å². The van der Waals surface area contributed by atoms with Gasteiger partial charge in [0.15, 0.2) is 0 Å². The summed E-state index contributed by atoms with van der Waals surface area (Å²) in [6, 6.07) is 2.15. The molecule has 0 aliphatic rings. The maximum absolute atomic E-state index is 5.46. The van der Waals surface area contributed by atoms with Crippen LogP contribution in [0.5, 0.6) is 0 Å². The van der Waals surface area contributed by atoms with Crippen molar-refractivity contribution < 1.29 is 0 Å². The molecule has 0 aromatic carbocycles. The van der Waals surface area contributed by atoms with Crippen molar-refractivity contribution in [2.75, 3.05) is 18.6 Å². The molecule has 1 aromatic rings. The van der Waals surface area contributed by atoms with Crippen molar-refractivity contribution in [2.24, 2.45) is 5.73 Å². The van der Waals surface area contributed by atoms with Gasteiger partial charge in [0.25, 0.3) is 0 Å². The maximum atomic E-state index is 5.46.